The summed E-state index contributed by atoms with van der Waals surface area (Å²) in [6, 6.07) is 5.27. The van der Waals surface area contributed by atoms with Gasteiger partial charge in [-0.15, -0.1) is 0 Å². The SMILES string of the molecule is Cn1cc(/C=C/C(=O)OCc2cccc(Br)n2)c(=O)n(C)c1=O. The van der Waals surface area contributed by atoms with E-state index >= 15 is 0 Å². The fraction of sp³-hybridized carbons (Fsp3) is 0.200. The zero-order chi connectivity index (χ0) is 17.0. The molecule has 120 valence electrons. The van der Waals surface area contributed by atoms with Gasteiger partial charge in [0, 0.05) is 26.4 Å². The molecule has 2 rings (SSSR count). The number of halogens is 1. The zero-order valence-corrected chi connectivity index (χ0v) is 14.1. The molecule has 0 fully saturated rings. The van der Waals surface area contributed by atoms with E-state index in [9.17, 15) is 14.4 Å². The molecule has 7 nitrogen and oxygen atoms in total. The third-order valence-corrected chi connectivity index (χ3v) is 3.45. The highest BCUT2D eigenvalue weighted by atomic mass is 79.9. The Balaban J connectivity index is 2.07. The summed E-state index contributed by atoms with van der Waals surface area (Å²) in [6.07, 6.45) is 3.82. The summed E-state index contributed by atoms with van der Waals surface area (Å²) in [6.45, 7) is 0.0217. The molecule has 0 bridgehead atoms. The van der Waals surface area contributed by atoms with Crippen molar-refractivity contribution in [1.82, 2.24) is 14.1 Å². The van der Waals surface area contributed by atoms with Crippen molar-refractivity contribution < 1.29 is 9.53 Å². The number of hydrogen-bond donors (Lipinski definition) is 0. The molecule has 0 aliphatic heterocycles. The first-order chi connectivity index (χ1) is 10.9. The lowest BCUT2D eigenvalue weighted by atomic mass is 10.3. The van der Waals surface area contributed by atoms with Crippen LogP contribution in [-0.4, -0.2) is 20.1 Å². The lowest BCUT2D eigenvalue weighted by Gasteiger charge is -2.04. The van der Waals surface area contributed by atoms with Crippen LogP contribution in [0, 0.1) is 0 Å². The summed E-state index contributed by atoms with van der Waals surface area (Å²) in [5.74, 6) is -0.609. The minimum Gasteiger partial charge on any atom is -0.456 e. The van der Waals surface area contributed by atoms with E-state index in [2.05, 4.69) is 20.9 Å². The fourth-order valence-electron chi connectivity index (χ4n) is 1.83. The summed E-state index contributed by atoms with van der Waals surface area (Å²) in [4.78, 5) is 39.3. The largest absolute Gasteiger partial charge is 0.456 e. The molecule has 0 unspecified atom stereocenters. The summed E-state index contributed by atoms with van der Waals surface area (Å²) in [7, 11) is 2.90. The van der Waals surface area contributed by atoms with Crippen LogP contribution in [0.25, 0.3) is 6.08 Å². The van der Waals surface area contributed by atoms with E-state index in [0.29, 0.717) is 10.3 Å². The lowest BCUT2D eigenvalue weighted by Crippen LogP contribution is -2.37. The van der Waals surface area contributed by atoms with Crippen molar-refractivity contribution in [2.24, 2.45) is 14.1 Å². The van der Waals surface area contributed by atoms with Gasteiger partial charge in [-0.3, -0.25) is 9.36 Å². The zero-order valence-electron chi connectivity index (χ0n) is 12.5. The Morgan fingerprint density at radius 2 is 2.09 bits per heavy atom. The van der Waals surface area contributed by atoms with Crippen molar-refractivity contribution in [2.75, 3.05) is 0 Å². The number of nitrogens with zero attached hydrogens (tertiary/aromatic N) is 3. The number of hydrogen-bond acceptors (Lipinski definition) is 5. The molecule has 2 aromatic heterocycles. The maximum Gasteiger partial charge on any atom is 0.331 e. The lowest BCUT2D eigenvalue weighted by molar-refractivity contribution is -0.139. The third kappa shape index (κ3) is 4.26. The molecule has 0 saturated carbocycles. The van der Waals surface area contributed by atoms with Crippen LogP contribution in [0.2, 0.25) is 0 Å². The quantitative estimate of drug-likeness (QED) is 0.449. The van der Waals surface area contributed by atoms with Gasteiger partial charge in [0.15, 0.2) is 0 Å². The standard InChI is InChI=1S/C15H14BrN3O4/c1-18-8-10(14(21)19(2)15(18)22)6-7-13(20)23-9-11-4-3-5-12(16)17-11/h3-8H,9H2,1-2H3/b7-6+. The Labute approximate surface area is 140 Å². The number of esters is 1. The number of pyridine rings is 1. The second-order valence-electron chi connectivity index (χ2n) is 4.73. The number of carbonyl (C=O) groups is 1. The Hall–Kier alpha value is -2.48. The fourth-order valence-corrected chi connectivity index (χ4v) is 2.21. The Morgan fingerprint density at radius 1 is 1.35 bits per heavy atom. The molecule has 0 aromatic carbocycles. The average Bonchev–Trinajstić information content (AvgIpc) is 2.53. The predicted octanol–water partition coefficient (Wildman–Crippen LogP) is 0.998. The molecule has 2 heterocycles. The van der Waals surface area contributed by atoms with Crippen LogP contribution in [0.3, 0.4) is 0 Å². The van der Waals surface area contributed by atoms with E-state index in [0.717, 1.165) is 10.6 Å². The molecule has 0 radical (unpaired) electrons. The van der Waals surface area contributed by atoms with Gasteiger partial charge in [-0.2, -0.15) is 0 Å². The van der Waals surface area contributed by atoms with E-state index in [1.54, 1.807) is 18.2 Å². The summed E-state index contributed by atoms with van der Waals surface area (Å²) >= 11 is 3.23. The maximum absolute atomic E-state index is 11.9. The normalized spacial score (nSPS) is 10.9. The molecule has 0 saturated heterocycles. The van der Waals surface area contributed by atoms with E-state index in [1.807, 2.05) is 0 Å². The highest BCUT2D eigenvalue weighted by Crippen LogP contribution is 2.07. The molecule has 0 amide bonds. The van der Waals surface area contributed by atoms with Crippen LogP contribution in [0.1, 0.15) is 11.3 Å². The van der Waals surface area contributed by atoms with Gasteiger partial charge in [-0.05, 0) is 34.1 Å². The van der Waals surface area contributed by atoms with E-state index in [-0.39, 0.29) is 12.2 Å². The molecule has 0 aliphatic carbocycles. The minimum absolute atomic E-state index is 0.0217. The molecule has 8 heteroatoms. The van der Waals surface area contributed by atoms with E-state index in [1.165, 1.54) is 30.9 Å². The first-order valence-electron chi connectivity index (χ1n) is 6.61. The first kappa shape index (κ1) is 16.9. The number of ether oxygens (including phenoxy) is 1. The van der Waals surface area contributed by atoms with Crippen molar-refractivity contribution in [3.63, 3.8) is 0 Å². The van der Waals surface area contributed by atoms with Gasteiger partial charge in [0.05, 0.1) is 11.3 Å². The van der Waals surface area contributed by atoms with Crippen LogP contribution >= 0.6 is 15.9 Å². The average molecular weight is 380 g/mol. The summed E-state index contributed by atoms with van der Waals surface area (Å²) in [5, 5.41) is 0. The highest BCUT2D eigenvalue weighted by Gasteiger charge is 2.05. The predicted molar refractivity (Wildman–Crippen MR) is 87.7 cm³/mol. The second-order valence-corrected chi connectivity index (χ2v) is 5.55. The van der Waals surface area contributed by atoms with Gasteiger partial charge in [0.1, 0.15) is 11.2 Å². The third-order valence-electron chi connectivity index (χ3n) is 3.01. The van der Waals surface area contributed by atoms with E-state index in [4.69, 9.17) is 4.74 Å². The van der Waals surface area contributed by atoms with Gasteiger partial charge < -0.3 is 9.30 Å². The smallest absolute Gasteiger partial charge is 0.331 e. The number of rotatable bonds is 4. The Morgan fingerprint density at radius 3 is 2.78 bits per heavy atom. The molecular weight excluding hydrogens is 366 g/mol. The van der Waals surface area contributed by atoms with Crippen LogP contribution < -0.4 is 11.2 Å². The molecule has 23 heavy (non-hydrogen) atoms. The van der Waals surface area contributed by atoms with E-state index < -0.39 is 17.2 Å². The van der Waals surface area contributed by atoms with Crippen LogP contribution in [0.5, 0.6) is 0 Å². The second kappa shape index (κ2) is 7.19. The monoisotopic (exact) mass is 379 g/mol. The van der Waals surface area contributed by atoms with Gasteiger partial charge in [-0.1, -0.05) is 6.07 Å². The van der Waals surface area contributed by atoms with Gasteiger partial charge in [0.25, 0.3) is 5.56 Å². The topological polar surface area (TPSA) is 83.2 Å². The highest BCUT2D eigenvalue weighted by molar-refractivity contribution is 9.10. The number of carbonyl (C=O) groups excluding carboxylic acids is 1. The number of aromatic nitrogens is 3. The molecular formula is C15H14BrN3O4. The van der Waals surface area contributed by atoms with Crippen LogP contribution in [0.4, 0.5) is 0 Å². The summed E-state index contributed by atoms with van der Waals surface area (Å²) < 4.78 is 7.92. The number of aryl methyl sites for hydroxylation is 1. The molecule has 2 aromatic rings. The van der Waals surface area contributed by atoms with Gasteiger partial charge in [-0.25, -0.2) is 14.6 Å². The minimum atomic E-state index is -0.609. The Bertz CT molecular complexity index is 883. The van der Waals surface area contributed by atoms with Crippen molar-refractivity contribution in [2.45, 2.75) is 6.61 Å². The molecule has 0 spiro atoms. The molecule has 0 atom stereocenters. The van der Waals surface area contributed by atoms with Gasteiger partial charge >= 0.3 is 11.7 Å². The van der Waals surface area contributed by atoms with Crippen molar-refractivity contribution >= 4 is 28.0 Å². The van der Waals surface area contributed by atoms with Crippen molar-refractivity contribution in [3.8, 4) is 0 Å². The van der Waals surface area contributed by atoms with Crippen LogP contribution in [0.15, 0.2) is 44.7 Å². The summed E-state index contributed by atoms with van der Waals surface area (Å²) in [5.41, 5.74) is -0.104. The molecule has 0 N–H and O–H groups in total. The van der Waals surface area contributed by atoms with Crippen molar-refractivity contribution in [1.29, 1.82) is 0 Å². The van der Waals surface area contributed by atoms with Crippen molar-refractivity contribution in [3.05, 3.63) is 67.2 Å². The van der Waals surface area contributed by atoms with Crippen LogP contribution in [-0.2, 0) is 30.2 Å². The maximum atomic E-state index is 11.9. The van der Waals surface area contributed by atoms with Gasteiger partial charge in [0.2, 0.25) is 0 Å². The first-order valence-corrected chi connectivity index (χ1v) is 7.40. The Kier molecular flexibility index (Phi) is 5.28. The molecule has 0 aliphatic rings.